The molecule has 1 heterocycles. The van der Waals surface area contributed by atoms with E-state index in [2.05, 4.69) is 32.7 Å². The van der Waals surface area contributed by atoms with Crippen LogP contribution in [0.3, 0.4) is 0 Å². The number of aliphatic imine (C=N–C) groups is 1. The Morgan fingerprint density at radius 2 is 1.80 bits per heavy atom. The van der Waals surface area contributed by atoms with Gasteiger partial charge < -0.3 is 20.3 Å². The highest BCUT2D eigenvalue weighted by molar-refractivity contribution is 5.86. The number of nitrogens with one attached hydrogen (secondary N) is 2. The molecular formula is C23H33N5O2. The molecule has 7 nitrogen and oxygen atoms in total. The van der Waals surface area contributed by atoms with Crippen LogP contribution in [0.1, 0.15) is 31.9 Å². The number of ether oxygens (including phenoxy) is 1. The summed E-state index contributed by atoms with van der Waals surface area (Å²) in [5, 5.41) is 6.40. The number of nitrogens with zero attached hydrogens (tertiary/aromatic N) is 3. The first kappa shape index (κ1) is 23.2. The predicted octanol–water partition coefficient (Wildman–Crippen LogP) is 2.62. The molecule has 1 amide bonds. The van der Waals surface area contributed by atoms with E-state index in [4.69, 9.17) is 4.74 Å². The molecule has 0 saturated heterocycles. The summed E-state index contributed by atoms with van der Waals surface area (Å²) < 4.78 is 5.75. The van der Waals surface area contributed by atoms with Crippen molar-refractivity contribution in [2.75, 3.05) is 27.2 Å². The van der Waals surface area contributed by atoms with Gasteiger partial charge in [0.25, 0.3) is 0 Å². The van der Waals surface area contributed by atoms with Crippen LogP contribution in [-0.4, -0.2) is 54.5 Å². The number of likely N-dealkylation sites (N-methyl/N-ethyl adjacent to an activating group) is 1. The second-order valence-electron chi connectivity index (χ2n) is 8.19. The molecule has 2 rings (SSSR count). The van der Waals surface area contributed by atoms with E-state index < -0.39 is 0 Å². The molecule has 2 aromatic rings. The lowest BCUT2D eigenvalue weighted by atomic mass is 10.1. The second-order valence-corrected chi connectivity index (χ2v) is 8.19. The molecule has 0 spiro atoms. The maximum atomic E-state index is 11.9. The lowest BCUT2D eigenvalue weighted by molar-refractivity contribution is -0.127. The van der Waals surface area contributed by atoms with E-state index in [0.29, 0.717) is 24.9 Å². The molecule has 0 radical (unpaired) electrons. The third-order valence-electron chi connectivity index (χ3n) is 4.08. The zero-order chi connectivity index (χ0) is 22.0. The summed E-state index contributed by atoms with van der Waals surface area (Å²) in [6, 6.07) is 14.0. The molecular weight excluding hydrogens is 378 g/mol. The number of benzene rings is 1. The Morgan fingerprint density at radius 1 is 1.07 bits per heavy atom. The summed E-state index contributed by atoms with van der Waals surface area (Å²) >= 11 is 0. The molecule has 2 N–H and O–H groups in total. The number of guanidine groups is 1. The molecule has 1 aromatic heterocycles. The van der Waals surface area contributed by atoms with Crippen molar-refractivity contribution in [3.05, 3.63) is 59.8 Å². The SMILES string of the molecule is CN(C)C(=O)CNC(=NCc1ccc(OC(C)(C)C)nc1)NCCc1ccccc1. The number of hydrogen-bond acceptors (Lipinski definition) is 4. The van der Waals surface area contributed by atoms with Crippen LogP contribution in [0, 0.1) is 0 Å². The summed E-state index contributed by atoms with van der Waals surface area (Å²) in [5.74, 6) is 1.17. The van der Waals surface area contributed by atoms with Crippen molar-refractivity contribution in [1.82, 2.24) is 20.5 Å². The Balaban J connectivity index is 1.97. The van der Waals surface area contributed by atoms with Crippen LogP contribution in [0.2, 0.25) is 0 Å². The van der Waals surface area contributed by atoms with Crippen molar-refractivity contribution < 1.29 is 9.53 Å². The summed E-state index contributed by atoms with van der Waals surface area (Å²) in [6.45, 7) is 7.30. The minimum atomic E-state index is -0.286. The van der Waals surface area contributed by atoms with Crippen LogP contribution in [0.15, 0.2) is 53.7 Å². The molecule has 162 valence electrons. The second kappa shape index (κ2) is 11.2. The molecule has 0 unspecified atom stereocenters. The third-order valence-corrected chi connectivity index (χ3v) is 4.08. The maximum Gasteiger partial charge on any atom is 0.241 e. The molecule has 7 heteroatoms. The molecule has 0 saturated carbocycles. The summed E-state index contributed by atoms with van der Waals surface area (Å²) in [7, 11) is 3.47. The predicted molar refractivity (Wildman–Crippen MR) is 121 cm³/mol. The first-order chi connectivity index (χ1) is 14.2. The molecule has 0 fully saturated rings. The average molecular weight is 412 g/mol. The molecule has 0 bridgehead atoms. The van der Waals surface area contributed by atoms with Crippen molar-refractivity contribution in [3.8, 4) is 5.88 Å². The van der Waals surface area contributed by atoms with Crippen molar-refractivity contribution in [3.63, 3.8) is 0 Å². The topological polar surface area (TPSA) is 78.9 Å². The fourth-order valence-electron chi connectivity index (χ4n) is 2.51. The van der Waals surface area contributed by atoms with E-state index in [0.717, 1.165) is 12.0 Å². The molecule has 0 aliphatic rings. The first-order valence-corrected chi connectivity index (χ1v) is 10.1. The third kappa shape index (κ3) is 8.94. The van der Waals surface area contributed by atoms with Crippen LogP contribution >= 0.6 is 0 Å². The average Bonchev–Trinajstić information content (AvgIpc) is 2.70. The number of carbonyl (C=O) groups is 1. The van der Waals surface area contributed by atoms with E-state index in [1.807, 2.05) is 51.1 Å². The summed E-state index contributed by atoms with van der Waals surface area (Å²) in [5.41, 5.74) is 1.91. The van der Waals surface area contributed by atoms with Gasteiger partial charge >= 0.3 is 0 Å². The van der Waals surface area contributed by atoms with E-state index in [9.17, 15) is 4.79 Å². The van der Waals surface area contributed by atoms with Crippen molar-refractivity contribution in [2.45, 2.75) is 39.3 Å². The van der Waals surface area contributed by atoms with Gasteiger partial charge in [-0.2, -0.15) is 0 Å². The standard InChI is InChI=1S/C23H33N5O2/c1-23(2,3)30-20-12-11-19(15-25-20)16-26-22(27-17-21(29)28(4)5)24-14-13-18-9-7-6-8-10-18/h6-12,15H,13-14,16-17H2,1-5H3,(H2,24,26,27). The zero-order valence-electron chi connectivity index (χ0n) is 18.6. The van der Waals surface area contributed by atoms with Gasteiger partial charge in [0.1, 0.15) is 5.60 Å². The van der Waals surface area contributed by atoms with Crippen molar-refractivity contribution in [2.24, 2.45) is 4.99 Å². The van der Waals surface area contributed by atoms with Gasteiger partial charge in [-0.3, -0.25) is 4.79 Å². The minimum absolute atomic E-state index is 0.0158. The van der Waals surface area contributed by atoms with Gasteiger partial charge in [-0.25, -0.2) is 9.98 Å². The van der Waals surface area contributed by atoms with Crippen LogP contribution < -0.4 is 15.4 Å². The fraction of sp³-hybridized carbons (Fsp3) is 0.435. The van der Waals surface area contributed by atoms with Gasteiger partial charge in [-0.1, -0.05) is 36.4 Å². The Labute approximate surface area is 179 Å². The Hall–Kier alpha value is -3.09. The molecule has 0 aliphatic heterocycles. The zero-order valence-corrected chi connectivity index (χ0v) is 18.6. The Morgan fingerprint density at radius 3 is 2.40 bits per heavy atom. The van der Waals surface area contributed by atoms with Gasteiger partial charge in [0, 0.05) is 32.9 Å². The highest BCUT2D eigenvalue weighted by Gasteiger charge is 2.12. The number of aromatic nitrogens is 1. The lowest BCUT2D eigenvalue weighted by Crippen LogP contribution is -2.43. The van der Waals surface area contributed by atoms with Crippen LogP contribution in [0.25, 0.3) is 0 Å². The largest absolute Gasteiger partial charge is 0.472 e. The van der Waals surface area contributed by atoms with Gasteiger partial charge in [0.2, 0.25) is 11.8 Å². The Kier molecular flexibility index (Phi) is 8.65. The van der Waals surface area contributed by atoms with E-state index >= 15 is 0 Å². The van der Waals surface area contributed by atoms with Crippen LogP contribution in [0.5, 0.6) is 5.88 Å². The van der Waals surface area contributed by atoms with E-state index in [-0.39, 0.29) is 18.1 Å². The molecule has 0 aliphatic carbocycles. The normalized spacial score (nSPS) is 11.7. The van der Waals surface area contributed by atoms with E-state index in [1.54, 1.807) is 25.2 Å². The summed E-state index contributed by atoms with van der Waals surface area (Å²) in [4.78, 5) is 22.4. The highest BCUT2D eigenvalue weighted by Crippen LogP contribution is 2.15. The fourth-order valence-corrected chi connectivity index (χ4v) is 2.51. The van der Waals surface area contributed by atoms with Crippen LogP contribution in [-0.2, 0) is 17.8 Å². The number of carbonyl (C=O) groups excluding carboxylic acids is 1. The Bertz CT molecular complexity index is 812. The first-order valence-electron chi connectivity index (χ1n) is 10.1. The van der Waals surface area contributed by atoms with Gasteiger partial charge in [-0.15, -0.1) is 0 Å². The number of rotatable bonds is 8. The lowest BCUT2D eigenvalue weighted by Gasteiger charge is -2.20. The number of amides is 1. The quantitative estimate of drug-likeness (QED) is 0.516. The summed E-state index contributed by atoms with van der Waals surface area (Å²) in [6.07, 6.45) is 2.63. The molecule has 30 heavy (non-hydrogen) atoms. The minimum Gasteiger partial charge on any atom is -0.472 e. The van der Waals surface area contributed by atoms with Gasteiger partial charge in [0.05, 0.1) is 13.1 Å². The molecule has 0 atom stereocenters. The maximum absolute atomic E-state index is 11.9. The van der Waals surface area contributed by atoms with Crippen molar-refractivity contribution in [1.29, 1.82) is 0 Å². The van der Waals surface area contributed by atoms with Gasteiger partial charge in [0.15, 0.2) is 5.96 Å². The number of hydrogen-bond donors (Lipinski definition) is 2. The van der Waals surface area contributed by atoms with E-state index in [1.165, 1.54) is 5.56 Å². The molecule has 1 aromatic carbocycles. The number of pyridine rings is 1. The van der Waals surface area contributed by atoms with Gasteiger partial charge in [-0.05, 0) is 38.3 Å². The van der Waals surface area contributed by atoms with Crippen molar-refractivity contribution >= 4 is 11.9 Å². The highest BCUT2D eigenvalue weighted by atomic mass is 16.5. The van der Waals surface area contributed by atoms with Crippen LogP contribution in [0.4, 0.5) is 0 Å². The smallest absolute Gasteiger partial charge is 0.241 e. The monoisotopic (exact) mass is 411 g/mol.